The molecule has 0 aliphatic carbocycles. The van der Waals surface area contributed by atoms with Crippen molar-refractivity contribution in [3.63, 3.8) is 0 Å². The minimum atomic E-state index is 0.397. The topological polar surface area (TPSA) is 0 Å². The van der Waals surface area contributed by atoms with Gasteiger partial charge in [0.1, 0.15) is 0 Å². The van der Waals surface area contributed by atoms with Crippen LogP contribution in [0.2, 0.25) is 0 Å². The number of rotatable bonds is 3. The summed E-state index contributed by atoms with van der Waals surface area (Å²) in [4.78, 5) is 0. The molecule has 0 aromatic carbocycles. The van der Waals surface area contributed by atoms with Crippen LogP contribution in [0, 0.1) is 5.41 Å². The zero-order valence-electron chi connectivity index (χ0n) is 7.28. The van der Waals surface area contributed by atoms with Gasteiger partial charge in [-0.25, -0.2) is 0 Å². The second kappa shape index (κ2) is 4.50. The number of halogens is 1. The second-order valence-electron chi connectivity index (χ2n) is 3.54. The van der Waals surface area contributed by atoms with Crippen molar-refractivity contribution in [3.8, 4) is 0 Å². The summed E-state index contributed by atoms with van der Waals surface area (Å²) in [5, 5.41) is 1.42. The molecule has 0 spiro atoms. The van der Waals surface area contributed by atoms with E-state index in [1.54, 1.807) is 0 Å². The third kappa shape index (κ3) is 3.72. The van der Waals surface area contributed by atoms with Crippen LogP contribution >= 0.6 is 23.4 Å². The maximum Gasteiger partial charge on any atom is 0.0683 e. The summed E-state index contributed by atoms with van der Waals surface area (Å²) in [6.45, 7) is 9.01. The van der Waals surface area contributed by atoms with Gasteiger partial charge in [-0.3, -0.25) is 0 Å². The average molecular weight is 181 g/mol. The molecule has 10 heavy (non-hydrogen) atoms. The number of alkyl halides is 1. The maximum atomic E-state index is 5.64. The first kappa shape index (κ1) is 10.6. The van der Waals surface area contributed by atoms with Crippen LogP contribution in [0.5, 0.6) is 0 Å². The quantitative estimate of drug-likeness (QED) is 0.597. The normalized spacial score (nSPS) is 15.3. The first-order valence-electron chi connectivity index (χ1n) is 3.70. The largest absolute Gasteiger partial charge is 0.142 e. The summed E-state index contributed by atoms with van der Waals surface area (Å²) in [7, 11) is 0. The van der Waals surface area contributed by atoms with Gasteiger partial charge >= 0.3 is 0 Å². The summed E-state index contributed by atoms with van der Waals surface area (Å²) in [5.41, 5.74) is 0.397. The molecule has 62 valence electrons. The molecule has 2 heteroatoms. The minimum Gasteiger partial charge on any atom is -0.142 e. The molecular formula is C8H17ClS. The van der Waals surface area contributed by atoms with Crippen LogP contribution in [-0.4, -0.2) is 10.5 Å². The third-order valence-corrected chi connectivity index (χ3v) is 3.55. The molecule has 0 nitrogen and oxygen atoms in total. The first-order valence-corrected chi connectivity index (χ1v) is 5.28. The van der Waals surface area contributed by atoms with Gasteiger partial charge in [0.05, 0.1) is 5.21 Å². The van der Waals surface area contributed by atoms with Crippen molar-refractivity contribution in [2.24, 2.45) is 5.41 Å². The Labute approximate surface area is 73.7 Å². The minimum absolute atomic E-state index is 0.397. The predicted octanol–water partition coefficient (Wildman–Crippen LogP) is 3.74. The van der Waals surface area contributed by atoms with Crippen molar-refractivity contribution in [3.05, 3.63) is 0 Å². The van der Waals surface area contributed by atoms with E-state index in [4.69, 9.17) is 11.6 Å². The molecule has 0 aliphatic heterocycles. The molecule has 0 heterocycles. The van der Waals surface area contributed by atoms with E-state index in [1.165, 1.54) is 6.42 Å². The molecule has 0 aromatic rings. The molecule has 1 atom stereocenters. The molecule has 0 aromatic heterocycles. The standard InChI is InChI=1S/C8H17ClS/c1-5-7(10-6-9)8(2,3)4/h7H,5-6H2,1-4H3. The zero-order valence-corrected chi connectivity index (χ0v) is 8.85. The van der Waals surface area contributed by atoms with Crippen LogP contribution in [0.3, 0.4) is 0 Å². The van der Waals surface area contributed by atoms with E-state index < -0.39 is 0 Å². The Balaban J connectivity index is 3.81. The number of thioether (sulfide) groups is 1. The lowest BCUT2D eigenvalue weighted by Gasteiger charge is -2.28. The van der Waals surface area contributed by atoms with Crippen molar-refractivity contribution in [1.29, 1.82) is 0 Å². The van der Waals surface area contributed by atoms with Gasteiger partial charge in [-0.2, -0.15) is 0 Å². The number of hydrogen-bond acceptors (Lipinski definition) is 1. The van der Waals surface area contributed by atoms with E-state index in [1.807, 2.05) is 11.8 Å². The van der Waals surface area contributed by atoms with E-state index in [0.717, 1.165) is 5.21 Å². The predicted molar refractivity (Wildman–Crippen MR) is 51.8 cm³/mol. The summed E-state index contributed by atoms with van der Waals surface area (Å²) in [5.74, 6) is 0. The van der Waals surface area contributed by atoms with Crippen LogP contribution in [0.4, 0.5) is 0 Å². The lowest BCUT2D eigenvalue weighted by atomic mass is 9.90. The van der Waals surface area contributed by atoms with Gasteiger partial charge in [0.25, 0.3) is 0 Å². The highest BCUT2D eigenvalue weighted by atomic mass is 35.5. The Morgan fingerprint density at radius 3 is 2.00 bits per heavy atom. The van der Waals surface area contributed by atoms with Gasteiger partial charge < -0.3 is 0 Å². The van der Waals surface area contributed by atoms with Crippen LogP contribution in [-0.2, 0) is 0 Å². The highest BCUT2D eigenvalue weighted by Gasteiger charge is 2.22. The lowest BCUT2D eigenvalue weighted by Crippen LogP contribution is -2.22. The van der Waals surface area contributed by atoms with Crippen molar-refractivity contribution in [1.82, 2.24) is 0 Å². The van der Waals surface area contributed by atoms with Gasteiger partial charge in [-0.15, -0.1) is 23.4 Å². The van der Waals surface area contributed by atoms with Crippen molar-refractivity contribution < 1.29 is 0 Å². The maximum absolute atomic E-state index is 5.64. The molecule has 0 fully saturated rings. The first-order chi connectivity index (χ1) is 4.52. The Bertz CT molecular complexity index is 85.7. The average Bonchev–Trinajstić information content (AvgIpc) is 1.80. The van der Waals surface area contributed by atoms with E-state index in [9.17, 15) is 0 Å². The summed E-state index contributed by atoms with van der Waals surface area (Å²) >= 11 is 7.49. The fraction of sp³-hybridized carbons (Fsp3) is 1.00. The Morgan fingerprint density at radius 2 is 1.90 bits per heavy atom. The Hall–Kier alpha value is 0.640. The molecule has 0 saturated carbocycles. The highest BCUT2D eigenvalue weighted by molar-refractivity contribution is 8.01. The molecule has 0 rings (SSSR count). The lowest BCUT2D eigenvalue weighted by molar-refractivity contribution is 0.388. The van der Waals surface area contributed by atoms with Crippen LogP contribution < -0.4 is 0 Å². The molecule has 0 radical (unpaired) electrons. The van der Waals surface area contributed by atoms with Crippen LogP contribution in [0.25, 0.3) is 0 Å². The zero-order chi connectivity index (χ0) is 8.20. The van der Waals surface area contributed by atoms with E-state index in [-0.39, 0.29) is 0 Å². The fourth-order valence-electron chi connectivity index (χ4n) is 1.06. The number of hydrogen-bond donors (Lipinski definition) is 0. The molecule has 0 amide bonds. The van der Waals surface area contributed by atoms with Gasteiger partial charge in [0, 0.05) is 5.25 Å². The summed E-state index contributed by atoms with van der Waals surface area (Å²) < 4.78 is 0. The third-order valence-electron chi connectivity index (χ3n) is 1.60. The second-order valence-corrected chi connectivity index (χ2v) is 5.31. The van der Waals surface area contributed by atoms with Crippen molar-refractivity contribution >= 4 is 23.4 Å². The molecule has 0 N–H and O–H groups in total. The van der Waals surface area contributed by atoms with E-state index >= 15 is 0 Å². The summed E-state index contributed by atoms with van der Waals surface area (Å²) in [6, 6.07) is 0. The van der Waals surface area contributed by atoms with Gasteiger partial charge in [-0.05, 0) is 11.8 Å². The SMILES string of the molecule is CCC(SCCl)C(C)(C)C. The van der Waals surface area contributed by atoms with Crippen molar-refractivity contribution in [2.45, 2.75) is 39.4 Å². The highest BCUT2D eigenvalue weighted by Crippen LogP contribution is 2.32. The smallest absolute Gasteiger partial charge is 0.0683 e. The molecule has 0 bridgehead atoms. The molecular weight excluding hydrogens is 164 g/mol. The van der Waals surface area contributed by atoms with E-state index in [2.05, 4.69) is 27.7 Å². The molecule has 0 aliphatic rings. The Morgan fingerprint density at radius 1 is 1.40 bits per heavy atom. The molecule has 1 unspecified atom stereocenters. The molecule has 0 saturated heterocycles. The van der Waals surface area contributed by atoms with Crippen molar-refractivity contribution in [2.75, 3.05) is 5.21 Å². The van der Waals surface area contributed by atoms with Crippen LogP contribution in [0.1, 0.15) is 34.1 Å². The summed E-state index contributed by atoms with van der Waals surface area (Å²) in [6.07, 6.45) is 1.21. The monoisotopic (exact) mass is 180 g/mol. The fourth-order valence-corrected chi connectivity index (χ4v) is 2.40. The Kier molecular flexibility index (Phi) is 4.79. The van der Waals surface area contributed by atoms with E-state index in [0.29, 0.717) is 10.7 Å². The van der Waals surface area contributed by atoms with Gasteiger partial charge in [-0.1, -0.05) is 27.7 Å². The van der Waals surface area contributed by atoms with Gasteiger partial charge in [0.15, 0.2) is 0 Å². The van der Waals surface area contributed by atoms with Crippen LogP contribution in [0.15, 0.2) is 0 Å². The van der Waals surface area contributed by atoms with Gasteiger partial charge in [0.2, 0.25) is 0 Å².